The predicted octanol–water partition coefficient (Wildman–Crippen LogP) is 2.64. The summed E-state index contributed by atoms with van der Waals surface area (Å²) in [5.41, 5.74) is 0. The number of nitrogens with zero attached hydrogens (tertiary/aromatic N) is 1. The molecule has 17 heavy (non-hydrogen) atoms. The van der Waals surface area contributed by atoms with E-state index in [9.17, 15) is 4.39 Å². The van der Waals surface area contributed by atoms with E-state index in [1.165, 1.54) is 25.1 Å². The van der Waals surface area contributed by atoms with Crippen LogP contribution in [-0.4, -0.2) is 24.7 Å². The lowest BCUT2D eigenvalue weighted by Gasteiger charge is -2.22. The maximum absolute atomic E-state index is 13.1. The van der Waals surface area contributed by atoms with E-state index < -0.39 is 5.82 Å². The van der Waals surface area contributed by atoms with Gasteiger partial charge in [0.25, 0.3) is 0 Å². The molecule has 0 spiro atoms. The lowest BCUT2D eigenvalue weighted by molar-refractivity contribution is 0.250. The number of halogens is 2. The van der Waals surface area contributed by atoms with Gasteiger partial charge in [-0.25, -0.2) is 9.37 Å². The fraction of sp³-hybridized carbons (Fsp3) is 0.583. The van der Waals surface area contributed by atoms with Gasteiger partial charge in [-0.15, -0.1) is 0 Å². The van der Waals surface area contributed by atoms with Crippen molar-refractivity contribution in [1.29, 1.82) is 0 Å². The number of pyridine rings is 1. The number of aromatic nitrogens is 1. The van der Waals surface area contributed by atoms with Crippen LogP contribution in [-0.2, 0) is 0 Å². The molecule has 1 saturated heterocycles. The summed E-state index contributed by atoms with van der Waals surface area (Å²) < 4.78 is 18.5. The highest BCUT2D eigenvalue weighted by molar-refractivity contribution is 6.29. The quantitative estimate of drug-likeness (QED) is 0.843. The van der Waals surface area contributed by atoms with Crippen molar-refractivity contribution in [2.45, 2.75) is 19.3 Å². The Kier molecular flexibility index (Phi) is 4.57. The highest BCUT2D eigenvalue weighted by Gasteiger charge is 2.12. The summed E-state index contributed by atoms with van der Waals surface area (Å²) in [6.07, 6.45) is 4.84. The minimum absolute atomic E-state index is 0.115. The molecule has 0 unspecified atom stereocenters. The topological polar surface area (TPSA) is 34.1 Å². The minimum atomic E-state index is -0.536. The molecule has 1 aliphatic rings. The molecule has 0 aromatic carbocycles. The molecule has 0 radical (unpaired) electrons. The van der Waals surface area contributed by atoms with Gasteiger partial charge >= 0.3 is 0 Å². The molecule has 0 saturated carbocycles. The Hall–Kier alpha value is -0.870. The van der Waals surface area contributed by atoms with Crippen molar-refractivity contribution in [3.8, 4) is 5.75 Å². The lowest BCUT2D eigenvalue weighted by Crippen LogP contribution is -2.28. The Morgan fingerprint density at radius 1 is 1.47 bits per heavy atom. The molecular weight excluding hydrogens is 243 g/mol. The van der Waals surface area contributed by atoms with Gasteiger partial charge in [0.1, 0.15) is 5.75 Å². The molecule has 0 atom stereocenters. The number of hydrogen-bond donors (Lipinski definition) is 1. The molecule has 1 aliphatic heterocycles. The number of nitrogens with one attached hydrogen (secondary N) is 1. The summed E-state index contributed by atoms with van der Waals surface area (Å²) >= 11 is 5.49. The molecule has 1 fully saturated rings. The van der Waals surface area contributed by atoms with Gasteiger partial charge in [-0.1, -0.05) is 11.6 Å². The fourth-order valence-corrected chi connectivity index (χ4v) is 2.10. The zero-order chi connectivity index (χ0) is 12.1. The highest BCUT2D eigenvalue weighted by atomic mass is 35.5. The Labute approximate surface area is 105 Å². The van der Waals surface area contributed by atoms with Crippen molar-refractivity contribution >= 4 is 11.6 Å². The van der Waals surface area contributed by atoms with Crippen LogP contribution in [0.2, 0.25) is 5.15 Å². The fourth-order valence-electron chi connectivity index (χ4n) is 2.00. The molecular formula is C12H16ClFN2O. The average Bonchev–Trinajstić information content (AvgIpc) is 2.35. The summed E-state index contributed by atoms with van der Waals surface area (Å²) in [7, 11) is 0. The molecule has 0 bridgehead atoms. The number of ether oxygens (including phenoxy) is 1. The van der Waals surface area contributed by atoms with Crippen LogP contribution in [0.1, 0.15) is 19.3 Å². The largest absolute Gasteiger partial charge is 0.492 e. The first-order valence-electron chi connectivity index (χ1n) is 5.90. The standard InChI is InChI=1S/C12H16ClFN2O/c13-12-11(14)7-10(8-16-12)17-6-3-9-1-4-15-5-2-9/h7-9,15H,1-6H2. The molecule has 0 aliphatic carbocycles. The first-order chi connectivity index (χ1) is 8.25. The number of piperidine rings is 1. The van der Waals surface area contributed by atoms with Crippen LogP contribution in [0.5, 0.6) is 5.75 Å². The van der Waals surface area contributed by atoms with E-state index in [2.05, 4.69) is 10.3 Å². The van der Waals surface area contributed by atoms with Crippen molar-refractivity contribution < 1.29 is 9.13 Å². The summed E-state index contributed by atoms with van der Waals surface area (Å²) in [6, 6.07) is 1.28. The van der Waals surface area contributed by atoms with Crippen LogP contribution in [0, 0.1) is 11.7 Å². The van der Waals surface area contributed by atoms with Gasteiger partial charge in [0.05, 0.1) is 12.8 Å². The Bertz CT molecular complexity index is 370. The van der Waals surface area contributed by atoms with Gasteiger partial charge in [0.2, 0.25) is 0 Å². The summed E-state index contributed by atoms with van der Waals surface area (Å²) in [5.74, 6) is 0.619. The molecule has 2 rings (SSSR count). The molecule has 0 amide bonds. The Morgan fingerprint density at radius 2 is 2.24 bits per heavy atom. The third-order valence-corrected chi connectivity index (χ3v) is 3.30. The average molecular weight is 259 g/mol. The van der Waals surface area contributed by atoms with Gasteiger partial charge < -0.3 is 10.1 Å². The van der Waals surface area contributed by atoms with Gasteiger partial charge in [0, 0.05) is 6.07 Å². The third-order valence-electron chi connectivity index (χ3n) is 3.02. The number of hydrogen-bond acceptors (Lipinski definition) is 3. The molecule has 1 aromatic rings. The molecule has 3 nitrogen and oxygen atoms in total. The van der Waals surface area contributed by atoms with Crippen molar-refractivity contribution in [1.82, 2.24) is 10.3 Å². The van der Waals surface area contributed by atoms with Gasteiger partial charge in [-0.3, -0.25) is 0 Å². The SMILES string of the molecule is Fc1cc(OCCC2CCNCC2)cnc1Cl. The van der Waals surface area contributed by atoms with Crippen molar-refractivity contribution in [2.24, 2.45) is 5.92 Å². The normalized spacial score (nSPS) is 17.1. The van der Waals surface area contributed by atoms with Crippen LogP contribution >= 0.6 is 11.6 Å². The number of rotatable bonds is 4. The minimum Gasteiger partial charge on any atom is -0.492 e. The maximum Gasteiger partial charge on any atom is 0.164 e. The van der Waals surface area contributed by atoms with Crippen LogP contribution in [0.25, 0.3) is 0 Å². The monoisotopic (exact) mass is 258 g/mol. The molecule has 1 aromatic heterocycles. The first kappa shape index (κ1) is 12.6. The van der Waals surface area contributed by atoms with Crippen molar-refractivity contribution in [3.63, 3.8) is 0 Å². The van der Waals surface area contributed by atoms with Crippen LogP contribution in [0.4, 0.5) is 4.39 Å². The van der Waals surface area contributed by atoms with Crippen LogP contribution < -0.4 is 10.1 Å². The molecule has 1 N–H and O–H groups in total. The highest BCUT2D eigenvalue weighted by Crippen LogP contribution is 2.19. The van der Waals surface area contributed by atoms with E-state index >= 15 is 0 Å². The zero-order valence-corrected chi connectivity index (χ0v) is 10.3. The molecule has 2 heterocycles. The van der Waals surface area contributed by atoms with Crippen LogP contribution in [0.3, 0.4) is 0 Å². The lowest BCUT2D eigenvalue weighted by atomic mass is 9.95. The smallest absolute Gasteiger partial charge is 0.164 e. The van der Waals surface area contributed by atoms with Gasteiger partial charge in [-0.2, -0.15) is 0 Å². The second-order valence-electron chi connectivity index (χ2n) is 4.27. The Balaban J connectivity index is 1.75. The van der Waals surface area contributed by atoms with Gasteiger partial charge in [-0.05, 0) is 38.3 Å². The van der Waals surface area contributed by atoms with Crippen molar-refractivity contribution in [3.05, 3.63) is 23.2 Å². The van der Waals surface area contributed by atoms with E-state index in [-0.39, 0.29) is 5.15 Å². The summed E-state index contributed by atoms with van der Waals surface area (Å²) in [6.45, 7) is 2.77. The first-order valence-corrected chi connectivity index (χ1v) is 6.28. The van der Waals surface area contributed by atoms with E-state index in [1.54, 1.807) is 0 Å². The second-order valence-corrected chi connectivity index (χ2v) is 4.63. The van der Waals surface area contributed by atoms with Crippen molar-refractivity contribution in [2.75, 3.05) is 19.7 Å². The zero-order valence-electron chi connectivity index (χ0n) is 9.59. The van der Waals surface area contributed by atoms with E-state index in [4.69, 9.17) is 16.3 Å². The van der Waals surface area contributed by atoms with Gasteiger partial charge in [0.15, 0.2) is 11.0 Å². The van der Waals surface area contributed by atoms with E-state index in [0.717, 1.165) is 19.5 Å². The third kappa shape index (κ3) is 3.82. The van der Waals surface area contributed by atoms with Crippen LogP contribution in [0.15, 0.2) is 12.3 Å². The molecule has 5 heteroatoms. The second kappa shape index (κ2) is 6.17. The van der Waals surface area contributed by atoms with E-state index in [0.29, 0.717) is 18.3 Å². The summed E-state index contributed by atoms with van der Waals surface area (Å²) in [4.78, 5) is 3.70. The molecule has 94 valence electrons. The maximum atomic E-state index is 13.1. The Morgan fingerprint density at radius 3 is 2.94 bits per heavy atom. The summed E-state index contributed by atoms with van der Waals surface area (Å²) in [5, 5.41) is 3.21. The predicted molar refractivity (Wildman–Crippen MR) is 64.9 cm³/mol. The van der Waals surface area contributed by atoms with E-state index in [1.807, 2.05) is 0 Å².